The summed E-state index contributed by atoms with van der Waals surface area (Å²) in [5.41, 5.74) is -0.436. The molecule has 1 rings (SSSR count). The van der Waals surface area contributed by atoms with Gasteiger partial charge in [0.2, 0.25) is 11.8 Å². The zero-order valence-corrected chi connectivity index (χ0v) is 20.8. The summed E-state index contributed by atoms with van der Waals surface area (Å²) in [5.74, 6) is -0.905. The van der Waals surface area contributed by atoms with Crippen LogP contribution in [0.4, 0.5) is 0 Å². The molecule has 1 aliphatic heterocycles. The van der Waals surface area contributed by atoms with Gasteiger partial charge in [-0.3, -0.25) is 9.59 Å². The van der Waals surface area contributed by atoms with Gasteiger partial charge in [-0.05, 0) is 57.8 Å². The molecule has 1 saturated heterocycles. The first-order valence-electron chi connectivity index (χ1n) is 11.2. The number of hydrogen-bond acceptors (Lipinski definition) is 6. The summed E-state index contributed by atoms with van der Waals surface area (Å²) >= 11 is 1.63. The number of nitrogens with one attached hydrogen (secondary N) is 2. The van der Waals surface area contributed by atoms with Crippen LogP contribution in [0.2, 0.25) is 0 Å². The van der Waals surface area contributed by atoms with Crippen LogP contribution in [0.3, 0.4) is 0 Å². The number of carboxylic acids is 1. The minimum atomic E-state index is -1.10. The molecule has 0 aromatic rings. The third-order valence-corrected chi connectivity index (χ3v) is 5.80. The maximum absolute atomic E-state index is 12.9. The standard InChI is InChI=1S/C23H39N3O5S/c1-7-8-13-32-14-11-16(2)20(22(29)30)25-21(28)18-10-9-12-26(18)19(27)15-24-17(3)31-23(4,5)6/h11,14,16,18,20,24H,3,7-10,12-13,15H2,1-2,4-6H3,(H,25,28)(H,29,30)/b14-11-/t16?,18-,20?/m0/s1. The lowest BCUT2D eigenvalue weighted by Gasteiger charge is -2.28. The van der Waals surface area contributed by atoms with Gasteiger partial charge in [0.25, 0.3) is 0 Å². The highest BCUT2D eigenvalue weighted by atomic mass is 32.2. The van der Waals surface area contributed by atoms with Crippen LogP contribution >= 0.6 is 11.8 Å². The summed E-state index contributed by atoms with van der Waals surface area (Å²) in [6.07, 6.45) is 5.19. The third-order valence-electron chi connectivity index (χ3n) is 4.93. The fourth-order valence-corrected chi connectivity index (χ4v) is 4.22. The van der Waals surface area contributed by atoms with Gasteiger partial charge >= 0.3 is 5.97 Å². The van der Waals surface area contributed by atoms with Crippen molar-refractivity contribution >= 4 is 29.5 Å². The summed E-state index contributed by atoms with van der Waals surface area (Å²) in [7, 11) is 0. The third kappa shape index (κ3) is 9.97. The Morgan fingerprint density at radius 3 is 2.62 bits per heavy atom. The van der Waals surface area contributed by atoms with Crippen molar-refractivity contribution in [3.63, 3.8) is 0 Å². The van der Waals surface area contributed by atoms with E-state index in [1.165, 1.54) is 4.90 Å². The molecule has 0 spiro atoms. The molecule has 1 fully saturated rings. The van der Waals surface area contributed by atoms with Crippen molar-refractivity contribution in [2.24, 2.45) is 5.92 Å². The predicted molar refractivity (Wildman–Crippen MR) is 128 cm³/mol. The van der Waals surface area contributed by atoms with E-state index in [0.29, 0.717) is 19.4 Å². The molecule has 0 aliphatic carbocycles. The molecule has 182 valence electrons. The number of thioether (sulfide) groups is 1. The largest absolute Gasteiger partial charge is 0.480 e. The van der Waals surface area contributed by atoms with E-state index in [2.05, 4.69) is 24.1 Å². The van der Waals surface area contributed by atoms with Crippen LogP contribution in [0.25, 0.3) is 0 Å². The molecule has 0 radical (unpaired) electrons. The highest BCUT2D eigenvalue weighted by Gasteiger charge is 2.36. The van der Waals surface area contributed by atoms with E-state index >= 15 is 0 Å². The lowest BCUT2D eigenvalue weighted by Crippen LogP contribution is -2.53. The van der Waals surface area contributed by atoms with Gasteiger partial charge in [0.15, 0.2) is 5.88 Å². The van der Waals surface area contributed by atoms with Crippen molar-refractivity contribution in [2.45, 2.75) is 78.0 Å². The second-order valence-electron chi connectivity index (χ2n) is 8.97. The number of rotatable bonds is 13. The second kappa shape index (κ2) is 13.4. The zero-order valence-electron chi connectivity index (χ0n) is 20.0. The SMILES string of the molecule is C=C(NCC(=O)N1CCC[C@H]1C(=O)NC(C(=O)O)C(C)/C=C\SCCCC)OC(C)(C)C. The van der Waals surface area contributed by atoms with Crippen molar-refractivity contribution in [2.75, 3.05) is 18.8 Å². The molecular formula is C23H39N3O5S. The quantitative estimate of drug-likeness (QED) is 0.281. The van der Waals surface area contributed by atoms with E-state index in [4.69, 9.17) is 4.74 Å². The molecule has 3 atom stereocenters. The molecule has 0 aromatic heterocycles. The summed E-state index contributed by atoms with van der Waals surface area (Å²) in [6, 6.07) is -1.74. The van der Waals surface area contributed by atoms with Crippen LogP contribution in [-0.4, -0.2) is 64.3 Å². The topological polar surface area (TPSA) is 108 Å². The number of aliphatic carboxylic acids is 1. The molecule has 0 aromatic carbocycles. The van der Waals surface area contributed by atoms with E-state index in [-0.39, 0.29) is 24.3 Å². The number of likely N-dealkylation sites (tertiary alicyclic amines) is 1. The number of carbonyl (C=O) groups is 3. The van der Waals surface area contributed by atoms with Crippen molar-refractivity contribution in [1.82, 2.24) is 15.5 Å². The predicted octanol–water partition coefficient (Wildman–Crippen LogP) is 3.11. The van der Waals surface area contributed by atoms with Gasteiger partial charge in [0, 0.05) is 12.5 Å². The van der Waals surface area contributed by atoms with Gasteiger partial charge in [-0.2, -0.15) is 0 Å². The van der Waals surface area contributed by atoms with Gasteiger partial charge in [-0.25, -0.2) is 4.79 Å². The number of hydrogen-bond donors (Lipinski definition) is 3. The fraction of sp³-hybridized carbons (Fsp3) is 0.696. The van der Waals surface area contributed by atoms with Gasteiger partial charge < -0.3 is 25.4 Å². The lowest BCUT2D eigenvalue weighted by molar-refractivity contribution is -0.144. The maximum atomic E-state index is 12.9. The van der Waals surface area contributed by atoms with E-state index in [0.717, 1.165) is 18.6 Å². The van der Waals surface area contributed by atoms with Crippen LogP contribution in [-0.2, 0) is 19.1 Å². The van der Waals surface area contributed by atoms with Crippen LogP contribution in [0.5, 0.6) is 0 Å². The Bertz CT molecular complexity index is 690. The van der Waals surface area contributed by atoms with E-state index in [9.17, 15) is 19.5 Å². The van der Waals surface area contributed by atoms with Crippen molar-refractivity contribution in [3.8, 4) is 0 Å². The van der Waals surface area contributed by atoms with Crippen LogP contribution in [0, 0.1) is 5.92 Å². The normalized spacial score (nSPS) is 18.3. The minimum Gasteiger partial charge on any atom is -0.480 e. The van der Waals surface area contributed by atoms with Gasteiger partial charge in [0.05, 0.1) is 6.54 Å². The van der Waals surface area contributed by atoms with E-state index in [1.807, 2.05) is 32.3 Å². The Morgan fingerprint density at radius 1 is 1.34 bits per heavy atom. The molecule has 2 amide bonds. The zero-order chi connectivity index (χ0) is 24.3. The van der Waals surface area contributed by atoms with Crippen LogP contribution in [0.15, 0.2) is 23.9 Å². The van der Waals surface area contributed by atoms with Gasteiger partial charge in [-0.15, -0.1) is 11.8 Å². The average molecular weight is 470 g/mol. The smallest absolute Gasteiger partial charge is 0.326 e. The van der Waals surface area contributed by atoms with Gasteiger partial charge in [-0.1, -0.05) is 26.3 Å². The highest BCUT2D eigenvalue weighted by Crippen LogP contribution is 2.19. The Morgan fingerprint density at radius 2 is 2.03 bits per heavy atom. The molecule has 2 unspecified atom stereocenters. The fourth-order valence-electron chi connectivity index (χ4n) is 3.27. The number of carboxylic acid groups (broad SMARTS) is 1. The molecule has 9 heteroatoms. The molecule has 0 saturated carbocycles. The molecule has 1 aliphatic rings. The monoisotopic (exact) mass is 469 g/mol. The number of ether oxygens (including phenoxy) is 1. The number of nitrogens with zero attached hydrogens (tertiary/aromatic N) is 1. The molecule has 8 nitrogen and oxygen atoms in total. The summed E-state index contributed by atoms with van der Waals surface area (Å²) in [4.78, 5) is 38.8. The number of amides is 2. The summed E-state index contributed by atoms with van der Waals surface area (Å²) in [6.45, 7) is 13.7. The Hall–Kier alpha value is -2.16. The highest BCUT2D eigenvalue weighted by molar-refractivity contribution is 8.02. The van der Waals surface area contributed by atoms with Crippen molar-refractivity contribution in [1.29, 1.82) is 0 Å². The van der Waals surface area contributed by atoms with Crippen LogP contribution < -0.4 is 10.6 Å². The van der Waals surface area contributed by atoms with E-state index in [1.54, 1.807) is 18.7 Å². The number of unbranched alkanes of at least 4 members (excludes halogenated alkanes) is 1. The first-order chi connectivity index (χ1) is 15.0. The number of carbonyl (C=O) groups excluding carboxylic acids is 2. The maximum Gasteiger partial charge on any atom is 0.326 e. The van der Waals surface area contributed by atoms with E-state index < -0.39 is 29.6 Å². The van der Waals surface area contributed by atoms with Crippen molar-refractivity contribution in [3.05, 3.63) is 23.9 Å². The molecule has 1 heterocycles. The minimum absolute atomic E-state index is 0.0465. The molecule has 0 bridgehead atoms. The molecule has 32 heavy (non-hydrogen) atoms. The lowest BCUT2D eigenvalue weighted by atomic mass is 10.0. The Labute approximate surface area is 196 Å². The first-order valence-corrected chi connectivity index (χ1v) is 12.2. The van der Waals surface area contributed by atoms with Gasteiger partial charge in [0.1, 0.15) is 17.7 Å². The average Bonchev–Trinajstić information content (AvgIpc) is 3.18. The summed E-state index contributed by atoms with van der Waals surface area (Å²) < 4.78 is 5.56. The van der Waals surface area contributed by atoms with Crippen molar-refractivity contribution < 1.29 is 24.2 Å². The second-order valence-corrected chi connectivity index (χ2v) is 9.99. The molecular weight excluding hydrogens is 430 g/mol. The summed E-state index contributed by atoms with van der Waals surface area (Å²) in [5, 5.41) is 17.0. The Kier molecular flexibility index (Phi) is 11.7. The van der Waals surface area contributed by atoms with Crippen LogP contribution in [0.1, 0.15) is 60.3 Å². The Balaban J connectivity index is 2.66. The first kappa shape index (κ1) is 27.9. The molecule has 3 N–H and O–H groups in total.